The number of nitrogens with zero attached hydrogens (tertiary/aromatic N) is 2. The van der Waals surface area contributed by atoms with E-state index in [9.17, 15) is 5.48 Å². The maximum absolute atomic E-state index is 9.34. The van der Waals surface area contributed by atoms with E-state index in [2.05, 4.69) is 34.9 Å². The standard InChI is InChI=1S/C48H34N2/c1-3-13-35(14-4-1)37-23-29-40(30-24-37)49(41-31-25-38(26-32-41)36-15-5-2-6-16-36)42-33-27-39(28-34-42)43-17-7-10-20-46(43)50-47-21-11-8-18-44(47)45-19-9-12-22-48(45)50/h1-34H/i23D,24D,25D,26D,29D,30D,31D,32D. The van der Waals surface area contributed by atoms with E-state index in [4.69, 9.17) is 5.48 Å². The summed E-state index contributed by atoms with van der Waals surface area (Å²) < 4.78 is 76.2. The molecule has 0 N–H and O–H groups in total. The van der Waals surface area contributed by atoms with Crippen molar-refractivity contribution in [1.82, 2.24) is 4.57 Å². The molecule has 0 spiro atoms. The van der Waals surface area contributed by atoms with Crippen molar-refractivity contribution in [3.8, 4) is 39.1 Å². The van der Waals surface area contributed by atoms with E-state index in [1.54, 1.807) is 60.7 Å². The van der Waals surface area contributed by atoms with Gasteiger partial charge in [0.05, 0.1) is 27.7 Å². The smallest absolute Gasteiger partial charge is 0.0645 e. The van der Waals surface area contributed by atoms with Gasteiger partial charge in [0, 0.05) is 33.4 Å². The number of hydrogen-bond donors (Lipinski definition) is 0. The molecule has 236 valence electrons. The largest absolute Gasteiger partial charge is 0.311 e. The van der Waals surface area contributed by atoms with Gasteiger partial charge in [-0.05, 0) is 82.3 Å². The minimum atomic E-state index is -0.385. The molecule has 0 radical (unpaired) electrons. The van der Waals surface area contributed by atoms with Crippen molar-refractivity contribution < 1.29 is 11.0 Å². The third-order valence-corrected chi connectivity index (χ3v) is 8.96. The molecule has 2 nitrogen and oxygen atoms in total. The Kier molecular flexibility index (Phi) is 5.63. The molecule has 0 amide bonds. The third kappa shape index (κ3) is 5.34. The molecular formula is C48H34N2. The summed E-state index contributed by atoms with van der Waals surface area (Å²) in [6, 6.07) is 46.8. The first-order valence-electron chi connectivity index (χ1n) is 20.5. The monoisotopic (exact) mass is 646 g/mol. The van der Waals surface area contributed by atoms with Gasteiger partial charge < -0.3 is 9.47 Å². The molecule has 1 aromatic heterocycles. The molecule has 0 bridgehead atoms. The van der Waals surface area contributed by atoms with Crippen molar-refractivity contribution in [1.29, 1.82) is 0 Å². The molecule has 1 heterocycles. The summed E-state index contributed by atoms with van der Waals surface area (Å²) in [6.07, 6.45) is 0. The molecule has 0 saturated carbocycles. The van der Waals surface area contributed by atoms with Crippen LogP contribution in [-0.4, -0.2) is 4.57 Å². The summed E-state index contributed by atoms with van der Waals surface area (Å²) in [4.78, 5) is 1.34. The molecule has 0 unspecified atom stereocenters. The molecule has 0 aliphatic heterocycles. The quantitative estimate of drug-likeness (QED) is 0.167. The lowest BCUT2D eigenvalue weighted by Crippen LogP contribution is -2.09. The Hall–Kier alpha value is -6.64. The zero-order valence-electron chi connectivity index (χ0n) is 34.9. The highest BCUT2D eigenvalue weighted by Crippen LogP contribution is 2.40. The van der Waals surface area contributed by atoms with Gasteiger partial charge in [0.2, 0.25) is 0 Å². The summed E-state index contributed by atoms with van der Waals surface area (Å²) >= 11 is 0. The SMILES string of the molecule is [2H]c1c([2H])c(N(c2ccc(-c3ccccc3-n3c4ccccc4c4ccccc43)cc2)c2c([2H])c([2H])c(-c3ccccc3)c([2H])c2[2H])c([2H])c([2H])c1-c1ccccc1. The molecule has 2 heteroatoms. The van der Waals surface area contributed by atoms with Crippen LogP contribution in [0.4, 0.5) is 17.1 Å². The van der Waals surface area contributed by atoms with Gasteiger partial charge in [-0.3, -0.25) is 0 Å². The predicted octanol–water partition coefficient (Wildman–Crippen LogP) is 13.3. The van der Waals surface area contributed by atoms with Crippen LogP contribution in [0.15, 0.2) is 206 Å². The van der Waals surface area contributed by atoms with Crippen LogP contribution in [0.2, 0.25) is 0 Å². The van der Waals surface area contributed by atoms with Crippen molar-refractivity contribution in [3.05, 3.63) is 206 Å². The van der Waals surface area contributed by atoms with Crippen LogP contribution in [0.1, 0.15) is 11.0 Å². The van der Waals surface area contributed by atoms with Crippen LogP contribution in [-0.2, 0) is 0 Å². The van der Waals surface area contributed by atoms with E-state index in [1.807, 2.05) is 66.7 Å². The molecule has 9 rings (SSSR count). The molecule has 0 atom stereocenters. The summed E-state index contributed by atoms with van der Waals surface area (Å²) in [6.45, 7) is 0. The summed E-state index contributed by atoms with van der Waals surface area (Å²) in [7, 11) is 0. The zero-order valence-corrected chi connectivity index (χ0v) is 26.9. The number of anilines is 3. The normalized spacial score (nSPS) is 13.4. The van der Waals surface area contributed by atoms with Crippen LogP contribution in [0.5, 0.6) is 0 Å². The Morgan fingerprint density at radius 1 is 0.340 bits per heavy atom. The molecule has 0 aliphatic rings. The van der Waals surface area contributed by atoms with E-state index in [0.29, 0.717) is 16.8 Å². The van der Waals surface area contributed by atoms with Crippen molar-refractivity contribution in [2.75, 3.05) is 4.90 Å². The lowest BCUT2D eigenvalue weighted by molar-refractivity contribution is 1.18. The highest BCUT2D eigenvalue weighted by Gasteiger charge is 2.17. The molecular weight excluding hydrogens is 605 g/mol. The molecule has 0 fully saturated rings. The van der Waals surface area contributed by atoms with E-state index in [0.717, 1.165) is 38.6 Å². The van der Waals surface area contributed by atoms with Gasteiger partial charge in [-0.1, -0.05) is 152 Å². The number of benzene rings is 8. The summed E-state index contributed by atoms with van der Waals surface area (Å²) in [5, 5.41) is 2.27. The molecule has 9 aromatic rings. The summed E-state index contributed by atoms with van der Waals surface area (Å²) in [5.74, 6) is 0. The highest BCUT2D eigenvalue weighted by molar-refractivity contribution is 6.09. The van der Waals surface area contributed by atoms with Crippen LogP contribution < -0.4 is 4.90 Å². The second-order valence-electron chi connectivity index (χ2n) is 11.9. The Labute approximate surface area is 304 Å². The molecule has 50 heavy (non-hydrogen) atoms. The maximum atomic E-state index is 9.34. The Bertz CT molecular complexity index is 2820. The number of para-hydroxylation sites is 3. The number of aromatic nitrogens is 1. The molecule has 0 aliphatic carbocycles. The van der Waals surface area contributed by atoms with E-state index in [1.165, 1.54) is 4.90 Å². The van der Waals surface area contributed by atoms with E-state index in [-0.39, 0.29) is 70.8 Å². The van der Waals surface area contributed by atoms with Gasteiger partial charge >= 0.3 is 0 Å². The highest BCUT2D eigenvalue weighted by atomic mass is 15.1. The first kappa shape index (κ1) is 22.1. The Balaban J connectivity index is 1.26. The lowest BCUT2D eigenvalue weighted by Gasteiger charge is -2.26. The van der Waals surface area contributed by atoms with Gasteiger partial charge in [0.25, 0.3) is 0 Å². The fourth-order valence-electron chi connectivity index (χ4n) is 6.59. The number of hydrogen-bond acceptors (Lipinski definition) is 1. The van der Waals surface area contributed by atoms with E-state index < -0.39 is 0 Å². The number of rotatable bonds is 7. The average Bonchev–Trinajstić information content (AvgIpc) is 3.60. The fourth-order valence-corrected chi connectivity index (χ4v) is 6.59. The van der Waals surface area contributed by atoms with Gasteiger partial charge in [-0.25, -0.2) is 0 Å². The zero-order chi connectivity index (χ0) is 40.2. The third-order valence-electron chi connectivity index (χ3n) is 8.96. The second-order valence-corrected chi connectivity index (χ2v) is 11.9. The van der Waals surface area contributed by atoms with Crippen LogP contribution >= 0.6 is 0 Å². The van der Waals surface area contributed by atoms with Gasteiger partial charge in [-0.2, -0.15) is 0 Å². The summed E-state index contributed by atoms with van der Waals surface area (Å²) in [5.41, 5.74) is 6.07. The maximum Gasteiger partial charge on any atom is 0.0645 e. The van der Waals surface area contributed by atoms with Crippen LogP contribution in [0.25, 0.3) is 60.9 Å². The second kappa shape index (κ2) is 12.8. The molecule has 8 aromatic carbocycles. The first-order chi connectivity index (χ1) is 28.2. The van der Waals surface area contributed by atoms with Gasteiger partial charge in [-0.15, -0.1) is 0 Å². The molecule has 0 saturated heterocycles. The average molecular weight is 647 g/mol. The van der Waals surface area contributed by atoms with Crippen molar-refractivity contribution >= 4 is 38.9 Å². The Morgan fingerprint density at radius 2 is 0.780 bits per heavy atom. The Morgan fingerprint density at radius 3 is 1.30 bits per heavy atom. The van der Waals surface area contributed by atoms with Gasteiger partial charge in [0.1, 0.15) is 0 Å². The van der Waals surface area contributed by atoms with Crippen LogP contribution in [0, 0.1) is 0 Å². The fraction of sp³-hybridized carbons (Fsp3) is 0. The number of fused-ring (bicyclic) bond motifs is 3. The van der Waals surface area contributed by atoms with E-state index >= 15 is 0 Å². The van der Waals surface area contributed by atoms with Crippen molar-refractivity contribution in [2.24, 2.45) is 0 Å². The minimum Gasteiger partial charge on any atom is -0.311 e. The van der Waals surface area contributed by atoms with Gasteiger partial charge in [0.15, 0.2) is 0 Å². The minimum absolute atomic E-state index is 0.121. The van der Waals surface area contributed by atoms with Crippen molar-refractivity contribution in [2.45, 2.75) is 0 Å². The van der Waals surface area contributed by atoms with Crippen molar-refractivity contribution in [3.63, 3.8) is 0 Å². The topological polar surface area (TPSA) is 8.17 Å². The predicted molar refractivity (Wildman–Crippen MR) is 212 cm³/mol. The first-order valence-corrected chi connectivity index (χ1v) is 16.5. The van der Waals surface area contributed by atoms with Crippen LogP contribution in [0.3, 0.4) is 0 Å². The lowest BCUT2D eigenvalue weighted by atomic mass is 10.0.